The lowest BCUT2D eigenvalue weighted by atomic mass is 9.98. The van der Waals surface area contributed by atoms with Gasteiger partial charge in [-0.15, -0.1) is 0 Å². The zero-order chi connectivity index (χ0) is 20.6. The molecule has 1 aromatic heterocycles. The molecule has 0 amide bonds. The molecule has 0 bridgehead atoms. The van der Waals surface area contributed by atoms with Crippen LogP contribution in [0.3, 0.4) is 0 Å². The number of H-pyrrole nitrogens is 1. The van der Waals surface area contributed by atoms with E-state index in [0.29, 0.717) is 0 Å². The van der Waals surface area contributed by atoms with E-state index in [2.05, 4.69) is 25.6 Å². The van der Waals surface area contributed by atoms with Crippen LogP contribution in [0.5, 0.6) is 0 Å². The van der Waals surface area contributed by atoms with E-state index >= 15 is 0 Å². The van der Waals surface area contributed by atoms with Gasteiger partial charge in [0.05, 0.1) is 0 Å². The monoisotopic (exact) mass is 472 g/mol. The van der Waals surface area contributed by atoms with Crippen molar-refractivity contribution in [1.82, 2.24) is 9.71 Å². The molecule has 0 aliphatic carbocycles. The molecule has 29 heavy (non-hydrogen) atoms. The van der Waals surface area contributed by atoms with Gasteiger partial charge in [0.2, 0.25) is 0 Å². The van der Waals surface area contributed by atoms with E-state index in [1.54, 1.807) is 18.2 Å². The quantitative estimate of drug-likeness (QED) is 0.401. The summed E-state index contributed by atoms with van der Waals surface area (Å²) in [5, 5.41) is 0.949. The highest BCUT2D eigenvalue weighted by molar-refractivity contribution is 9.10. The molecule has 2 N–H and O–H groups in total. The van der Waals surface area contributed by atoms with E-state index in [0.717, 1.165) is 37.6 Å². The number of benzene rings is 3. The third-order valence-electron chi connectivity index (χ3n) is 4.76. The Kier molecular flexibility index (Phi) is 5.29. The maximum absolute atomic E-state index is 13.1. The number of hydrogen-bond donors (Lipinski definition) is 2. The number of sulfonamides is 1. The normalized spacial score (nSPS) is 11.8. The molecular formula is C22H18BrFN2O2S. The van der Waals surface area contributed by atoms with Crippen LogP contribution >= 0.6 is 15.9 Å². The van der Waals surface area contributed by atoms with Gasteiger partial charge in [-0.2, -0.15) is 0 Å². The second kappa shape index (κ2) is 7.74. The van der Waals surface area contributed by atoms with Crippen LogP contribution < -0.4 is 4.72 Å². The van der Waals surface area contributed by atoms with Crippen LogP contribution in [0, 0.1) is 12.7 Å². The van der Waals surface area contributed by atoms with Gasteiger partial charge in [-0.3, -0.25) is 0 Å². The Morgan fingerprint density at radius 1 is 1.00 bits per heavy atom. The Morgan fingerprint density at radius 2 is 1.76 bits per heavy atom. The Morgan fingerprint density at radius 3 is 2.48 bits per heavy atom. The second-order valence-corrected chi connectivity index (χ2v) is 9.50. The van der Waals surface area contributed by atoms with Gasteiger partial charge in [-0.1, -0.05) is 46.3 Å². The third-order valence-corrected chi connectivity index (χ3v) is 6.58. The van der Waals surface area contributed by atoms with Crippen molar-refractivity contribution in [3.05, 3.63) is 88.1 Å². The van der Waals surface area contributed by atoms with Gasteiger partial charge < -0.3 is 4.98 Å². The highest BCUT2D eigenvalue weighted by atomic mass is 79.9. The second-order valence-electron chi connectivity index (χ2n) is 6.85. The summed E-state index contributed by atoms with van der Waals surface area (Å²) in [4.78, 5) is 2.94. The number of fused-ring (bicyclic) bond motifs is 1. The lowest BCUT2D eigenvalue weighted by molar-refractivity contribution is 0.578. The zero-order valence-corrected chi connectivity index (χ0v) is 17.9. The summed E-state index contributed by atoms with van der Waals surface area (Å²) in [7, 11) is -3.68. The van der Waals surface area contributed by atoms with Gasteiger partial charge in [0.15, 0.2) is 0 Å². The molecular weight excluding hydrogens is 455 g/mol. The summed E-state index contributed by atoms with van der Waals surface area (Å²) >= 11 is 3.39. The minimum atomic E-state index is -3.68. The van der Waals surface area contributed by atoms with E-state index in [-0.39, 0.29) is 17.4 Å². The SMILES string of the molecule is Cc1cc(CNS(=O)(=O)c2cc3cc(Br)ccc3[nH]2)ccc1-c1ccc(F)cc1. The predicted molar refractivity (Wildman–Crippen MR) is 117 cm³/mol. The van der Waals surface area contributed by atoms with Crippen molar-refractivity contribution >= 4 is 36.9 Å². The summed E-state index contributed by atoms with van der Waals surface area (Å²) < 4.78 is 42.0. The molecule has 0 radical (unpaired) electrons. The van der Waals surface area contributed by atoms with Crippen molar-refractivity contribution in [2.24, 2.45) is 0 Å². The lowest BCUT2D eigenvalue weighted by Gasteiger charge is -2.10. The molecule has 7 heteroatoms. The summed E-state index contributed by atoms with van der Waals surface area (Å²) in [6.45, 7) is 2.12. The van der Waals surface area contributed by atoms with Gasteiger partial charge in [0.1, 0.15) is 10.8 Å². The molecule has 0 atom stereocenters. The molecule has 4 rings (SSSR count). The van der Waals surface area contributed by atoms with Crippen LogP contribution in [0.2, 0.25) is 0 Å². The average Bonchev–Trinajstić information content (AvgIpc) is 3.12. The molecule has 3 aromatic carbocycles. The molecule has 0 saturated carbocycles. The van der Waals surface area contributed by atoms with Gasteiger partial charge in [-0.25, -0.2) is 17.5 Å². The summed E-state index contributed by atoms with van der Waals surface area (Å²) in [6.07, 6.45) is 0. The van der Waals surface area contributed by atoms with Crippen molar-refractivity contribution in [1.29, 1.82) is 0 Å². The fourth-order valence-electron chi connectivity index (χ4n) is 3.27. The third kappa shape index (κ3) is 4.27. The molecule has 0 saturated heterocycles. The maximum atomic E-state index is 13.1. The van der Waals surface area contributed by atoms with Crippen molar-refractivity contribution in [3.8, 4) is 11.1 Å². The van der Waals surface area contributed by atoms with Gasteiger partial charge >= 0.3 is 0 Å². The Hall–Kier alpha value is -2.48. The maximum Gasteiger partial charge on any atom is 0.256 e. The van der Waals surface area contributed by atoms with E-state index in [1.807, 2.05) is 43.3 Å². The van der Waals surface area contributed by atoms with Crippen LogP contribution in [0.4, 0.5) is 4.39 Å². The van der Waals surface area contributed by atoms with Crippen LogP contribution in [-0.2, 0) is 16.6 Å². The van der Waals surface area contributed by atoms with Crippen LogP contribution in [0.1, 0.15) is 11.1 Å². The van der Waals surface area contributed by atoms with Crippen molar-refractivity contribution < 1.29 is 12.8 Å². The van der Waals surface area contributed by atoms with Crippen LogP contribution in [0.15, 0.2) is 76.2 Å². The number of aromatic nitrogens is 1. The number of rotatable bonds is 5. The Balaban J connectivity index is 1.53. The van der Waals surface area contributed by atoms with Crippen LogP contribution in [-0.4, -0.2) is 13.4 Å². The molecule has 4 aromatic rings. The number of aromatic amines is 1. The summed E-state index contributed by atoms with van der Waals surface area (Å²) in [5.41, 5.74) is 4.49. The van der Waals surface area contributed by atoms with Gasteiger partial charge in [0, 0.05) is 21.9 Å². The first kappa shape index (κ1) is 19.8. The van der Waals surface area contributed by atoms with Crippen molar-refractivity contribution in [2.45, 2.75) is 18.5 Å². The topological polar surface area (TPSA) is 62.0 Å². The van der Waals surface area contributed by atoms with E-state index in [4.69, 9.17) is 0 Å². The fourth-order valence-corrected chi connectivity index (χ4v) is 4.68. The molecule has 0 aliphatic rings. The smallest absolute Gasteiger partial charge is 0.256 e. The Bertz CT molecular complexity index is 1300. The van der Waals surface area contributed by atoms with Crippen LogP contribution in [0.25, 0.3) is 22.0 Å². The molecule has 1 heterocycles. The predicted octanol–water partition coefficient (Wildman–Crippen LogP) is 5.52. The number of halogens is 2. The minimum absolute atomic E-state index is 0.130. The lowest BCUT2D eigenvalue weighted by Crippen LogP contribution is -2.23. The highest BCUT2D eigenvalue weighted by Gasteiger charge is 2.17. The van der Waals surface area contributed by atoms with Crippen molar-refractivity contribution in [2.75, 3.05) is 0 Å². The molecule has 0 aliphatic heterocycles. The van der Waals surface area contributed by atoms with Gasteiger partial charge in [0.25, 0.3) is 10.0 Å². The number of hydrogen-bond acceptors (Lipinski definition) is 2. The first-order chi connectivity index (χ1) is 13.8. The number of aryl methyl sites for hydroxylation is 1. The first-order valence-corrected chi connectivity index (χ1v) is 11.2. The first-order valence-electron chi connectivity index (χ1n) is 8.95. The fraction of sp³-hybridized carbons (Fsp3) is 0.0909. The molecule has 0 spiro atoms. The Labute approximate surface area is 177 Å². The zero-order valence-electron chi connectivity index (χ0n) is 15.5. The molecule has 4 nitrogen and oxygen atoms in total. The molecule has 148 valence electrons. The van der Waals surface area contributed by atoms with Crippen molar-refractivity contribution in [3.63, 3.8) is 0 Å². The van der Waals surface area contributed by atoms with Gasteiger partial charge in [-0.05, 0) is 65.6 Å². The van der Waals surface area contributed by atoms with E-state index in [1.165, 1.54) is 12.1 Å². The van der Waals surface area contributed by atoms with E-state index < -0.39 is 10.0 Å². The largest absolute Gasteiger partial charge is 0.345 e. The summed E-state index contributed by atoms with van der Waals surface area (Å²) in [5.74, 6) is -0.276. The highest BCUT2D eigenvalue weighted by Crippen LogP contribution is 2.25. The minimum Gasteiger partial charge on any atom is -0.345 e. The average molecular weight is 473 g/mol. The van der Waals surface area contributed by atoms with E-state index in [9.17, 15) is 12.8 Å². The molecule has 0 fully saturated rings. The standard InChI is InChI=1S/C22H18BrFN2O2S/c1-14-10-15(2-8-20(14)16-3-6-19(24)7-4-16)13-25-29(27,28)22-12-17-11-18(23)5-9-21(17)26-22/h2-12,25-26H,13H2,1H3. The molecule has 0 unspecified atom stereocenters. The number of nitrogens with one attached hydrogen (secondary N) is 2. The summed E-state index contributed by atoms with van der Waals surface area (Å²) in [6, 6.07) is 19.2.